The van der Waals surface area contributed by atoms with Gasteiger partial charge in [0.1, 0.15) is 6.54 Å². The summed E-state index contributed by atoms with van der Waals surface area (Å²) >= 11 is 6.14. The molecule has 0 saturated carbocycles. The molecule has 3 N–H and O–H groups in total. The van der Waals surface area contributed by atoms with Crippen LogP contribution in [0, 0.1) is 0 Å². The summed E-state index contributed by atoms with van der Waals surface area (Å²) in [6.45, 7) is 0.654. The Hall–Kier alpha value is -2.35. The quantitative estimate of drug-likeness (QED) is 0.675. The molecule has 8 heteroatoms. The number of benzene rings is 2. The summed E-state index contributed by atoms with van der Waals surface area (Å²) in [5, 5.41) is 9.49. The van der Waals surface area contributed by atoms with Crippen LogP contribution in [0.3, 0.4) is 0 Å². The summed E-state index contributed by atoms with van der Waals surface area (Å²) in [6.07, 6.45) is 2.43. The zero-order chi connectivity index (χ0) is 18.7. The Labute approximate surface area is 156 Å². The molecule has 0 radical (unpaired) electrons. The van der Waals surface area contributed by atoms with Crippen LogP contribution in [0.5, 0.6) is 0 Å². The van der Waals surface area contributed by atoms with Gasteiger partial charge in [-0.1, -0.05) is 29.8 Å². The first-order valence-corrected chi connectivity index (χ1v) is 9.89. The van der Waals surface area contributed by atoms with Crippen LogP contribution in [0.15, 0.2) is 59.6 Å². The normalized spacial score (nSPS) is 11.6. The highest BCUT2D eigenvalue weighted by atomic mass is 35.5. The molecule has 2 aromatic carbocycles. The second kappa shape index (κ2) is 7.49. The molecular weight excluding hydrogens is 374 g/mol. The summed E-state index contributed by atoms with van der Waals surface area (Å²) in [6, 6.07) is 13.8. The minimum absolute atomic E-state index is 0.0726. The molecule has 26 heavy (non-hydrogen) atoms. The average Bonchev–Trinajstić information content (AvgIpc) is 2.99. The Morgan fingerprint density at radius 1 is 1.12 bits per heavy atom. The lowest BCUT2D eigenvalue weighted by molar-refractivity contribution is -0.121. The first kappa shape index (κ1) is 18.4. The van der Waals surface area contributed by atoms with Gasteiger partial charge in [-0.25, -0.2) is 13.6 Å². The topological polar surface area (TPSA) is 94.2 Å². The number of hydrogen-bond acceptors (Lipinski definition) is 3. The number of aromatic nitrogens is 1. The second-order valence-corrected chi connectivity index (χ2v) is 7.87. The molecule has 136 valence electrons. The van der Waals surface area contributed by atoms with E-state index in [4.69, 9.17) is 16.7 Å². The Morgan fingerprint density at radius 3 is 2.54 bits per heavy atom. The Kier molecular flexibility index (Phi) is 5.31. The van der Waals surface area contributed by atoms with E-state index in [1.54, 1.807) is 12.1 Å². The van der Waals surface area contributed by atoms with Crippen molar-refractivity contribution in [2.24, 2.45) is 5.14 Å². The van der Waals surface area contributed by atoms with Gasteiger partial charge in [0.05, 0.1) is 4.90 Å². The molecule has 3 aromatic rings. The van der Waals surface area contributed by atoms with Crippen molar-refractivity contribution >= 4 is 38.4 Å². The van der Waals surface area contributed by atoms with Crippen molar-refractivity contribution in [2.75, 3.05) is 6.54 Å². The van der Waals surface area contributed by atoms with E-state index in [9.17, 15) is 13.2 Å². The fourth-order valence-corrected chi connectivity index (χ4v) is 3.47. The number of amides is 1. The molecule has 0 spiro atoms. The molecule has 1 heterocycles. The molecule has 0 aliphatic rings. The van der Waals surface area contributed by atoms with Crippen LogP contribution in [0.4, 0.5) is 0 Å². The van der Waals surface area contributed by atoms with Crippen LogP contribution < -0.4 is 10.5 Å². The molecule has 0 fully saturated rings. The van der Waals surface area contributed by atoms with Crippen molar-refractivity contribution < 1.29 is 13.2 Å². The predicted molar refractivity (Wildman–Crippen MR) is 101 cm³/mol. The van der Waals surface area contributed by atoms with Gasteiger partial charge in [0, 0.05) is 28.7 Å². The standard InChI is InChI=1S/C18H18ClN3O3S/c19-16-2-1-3-17-15(16)9-11-22(17)12-18(23)21-10-8-13-4-6-14(7-5-13)26(20,24)25/h1-7,9,11H,8,10,12H2,(H,21,23)(H2,20,24,25). The lowest BCUT2D eigenvalue weighted by Gasteiger charge is -2.08. The van der Waals surface area contributed by atoms with Crippen molar-refractivity contribution in [1.29, 1.82) is 0 Å². The van der Waals surface area contributed by atoms with Crippen LogP contribution in [0.2, 0.25) is 5.02 Å². The van der Waals surface area contributed by atoms with Gasteiger partial charge in [-0.05, 0) is 42.3 Å². The molecule has 0 atom stereocenters. The minimum atomic E-state index is -3.69. The number of rotatable bonds is 6. The highest BCUT2D eigenvalue weighted by Gasteiger charge is 2.09. The smallest absolute Gasteiger partial charge is 0.239 e. The molecule has 0 saturated heterocycles. The number of primary sulfonamides is 1. The summed E-state index contributed by atoms with van der Waals surface area (Å²) in [7, 11) is -3.69. The van der Waals surface area contributed by atoms with Crippen LogP contribution in [-0.4, -0.2) is 25.4 Å². The summed E-state index contributed by atoms with van der Waals surface area (Å²) in [5.41, 5.74) is 1.82. The zero-order valence-electron chi connectivity index (χ0n) is 13.9. The number of carbonyl (C=O) groups is 1. The number of sulfonamides is 1. The molecule has 0 aliphatic heterocycles. The van der Waals surface area contributed by atoms with Crippen LogP contribution in [0.1, 0.15) is 5.56 Å². The van der Waals surface area contributed by atoms with E-state index in [2.05, 4.69) is 5.32 Å². The number of carbonyl (C=O) groups excluding carboxylic acids is 1. The van der Waals surface area contributed by atoms with E-state index < -0.39 is 10.0 Å². The largest absolute Gasteiger partial charge is 0.354 e. The van der Waals surface area contributed by atoms with Gasteiger partial charge < -0.3 is 9.88 Å². The van der Waals surface area contributed by atoms with E-state index >= 15 is 0 Å². The van der Waals surface area contributed by atoms with Gasteiger partial charge in [0.15, 0.2) is 0 Å². The number of nitrogens with two attached hydrogens (primary N) is 1. The third-order valence-electron chi connectivity index (χ3n) is 4.06. The van der Waals surface area contributed by atoms with Crippen molar-refractivity contribution in [3.8, 4) is 0 Å². The Morgan fingerprint density at radius 2 is 1.85 bits per heavy atom. The summed E-state index contributed by atoms with van der Waals surface area (Å²) in [4.78, 5) is 12.2. The summed E-state index contributed by atoms with van der Waals surface area (Å²) < 4.78 is 24.3. The molecule has 0 aliphatic carbocycles. The Balaban J connectivity index is 1.55. The molecule has 3 rings (SSSR count). The monoisotopic (exact) mass is 391 g/mol. The molecular formula is C18H18ClN3O3S. The SMILES string of the molecule is NS(=O)(=O)c1ccc(CCNC(=O)Cn2ccc3c(Cl)cccc32)cc1. The number of halogens is 1. The lowest BCUT2D eigenvalue weighted by atomic mass is 10.1. The number of hydrogen-bond donors (Lipinski definition) is 2. The van der Waals surface area contributed by atoms with E-state index in [0.717, 1.165) is 16.5 Å². The fraction of sp³-hybridized carbons (Fsp3) is 0.167. The highest BCUT2D eigenvalue weighted by Crippen LogP contribution is 2.24. The van der Waals surface area contributed by atoms with Gasteiger partial charge >= 0.3 is 0 Å². The van der Waals surface area contributed by atoms with Crippen molar-refractivity contribution in [2.45, 2.75) is 17.9 Å². The molecule has 1 aromatic heterocycles. The third kappa shape index (κ3) is 4.24. The maximum absolute atomic E-state index is 12.2. The van der Waals surface area contributed by atoms with Crippen molar-refractivity contribution in [3.63, 3.8) is 0 Å². The lowest BCUT2D eigenvalue weighted by Crippen LogP contribution is -2.29. The van der Waals surface area contributed by atoms with Crippen LogP contribution >= 0.6 is 11.6 Å². The molecule has 1 amide bonds. The van der Waals surface area contributed by atoms with E-state index in [-0.39, 0.29) is 17.3 Å². The van der Waals surface area contributed by atoms with E-state index in [1.807, 2.05) is 35.0 Å². The van der Waals surface area contributed by atoms with Gasteiger partial charge in [0.2, 0.25) is 15.9 Å². The maximum Gasteiger partial charge on any atom is 0.239 e. The first-order chi connectivity index (χ1) is 12.3. The highest BCUT2D eigenvalue weighted by molar-refractivity contribution is 7.89. The van der Waals surface area contributed by atoms with E-state index in [0.29, 0.717) is 18.0 Å². The third-order valence-corrected chi connectivity index (χ3v) is 5.32. The van der Waals surface area contributed by atoms with Crippen molar-refractivity contribution in [1.82, 2.24) is 9.88 Å². The number of nitrogens with one attached hydrogen (secondary N) is 1. The number of fused-ring (bicyclic) bond motifs is 1. The average molecular weight is 392 g/mol. The van der Waals surface area contributed by atoms with Gasteiger partial charge in [-0.3, -0.25) is 4.79 Å². The zero-order valence-corrected chi connectivity index (χ0v) is 15.4. The Bertz CT molecular complexity index is 1040. The summed E-state index contributed by atoms with van der Waals surface area (Å²) in [5.74, 6) is -0.108. The number of nitrogens with zero attached hydrogens (tertiary/aromatic N) is 1. The molecule has 0 unspecified atom stereocenters. The van der Waals surface area contributed by atoms with Crippen LogP contribution in [-0.2, 0) is 27.8 Å². The predicted octanol–water partition coefficient (Wildman–Crippen LogP) is 2.30. The van der Waals surface area contributed by atoms with Gasteiger partial charge in [-0.2, -0.15) is 0 Å². The first-order valence-electron chi connectivity index (χ1n) is 7.96. The van der Waals surface area contributed by atoms with Gasteiger partial charge in [0.25, 0.3) is 0 Å². The fourth-order valence-electron chi connectivity index (χ4n) is 2.73. The minimum Gasteiger partial charge on any atom is -0.354 e. The van der Waals surface area contributed by atoms with Gasteiger partial charge in [-0.15, -0.1) is 0 Å². The van der Waals surface area contributed by atoms with Crippen LogP contribution in [0.25, 0.3) is 10.9 Å². The maximum atomic E-state index is 12.2. The molecule has 0 bridgehead atoms. The molecule has 6 nitrogen and oxygen atoms in total. The van der Waals surface area contributed by atoms with Crippen molar-refractivity contribution in [3.05, 3.63) is 65.3 Å². The second-order valence-electron chi connectivity index (χ2n) is 5.91. The van der Waals surface area contributed by atoms with E-state index in [1.165, 1.54) is 12.1 Å².